The Morgan fingerprint density at radius 2 is 1.58 bits per heavy atom. The first-order chi connectivity index (χ1) is 11.4. The van der Waals surface area contributed by atoms with Crippen molar-refractivity contribution in [3.05, 3.63) is 29.8 Å². The molecule has 1 aromatic carbocycles. The molecule has 0 radical (unpaired) electrons. The topological polar surface area (TPSA) is 49.4 Å². The van der Waals surface area contributed by atoms with Crippen molar-refractivity contribution in [1.29, 1.82) is 0 Å². The molecule has 4 saturated carbocycles. The minimum Gasteiger partial charge on any atom is -0.309 e. The second-order valence-electron chi connectivity index (χ2n) is 8.23. The summed E-state index contributed by atoms with van der Waals surface area (Å²) in [5, 5.41) is 3.75. The van der Waals surface area contributed by atoms with E-state index >= 15 is 0 Å². The maximum Gasteiger partial charge on any atom is 0.242 e. The Morgan fingerprint density at radius 3 is 2.17 bits per heavy atom. The van der Waals surface area contributed by atoms with E-state index in [1.54, 1.807) is 20.2 Å². The first-order valence-corrected chi connectivity index (χ1v) is 10.6. The minimum absolute atomic E-state index is 0.436. The van der Waals surface area contributed by atoms with Gasteiger partial charge in [-0.25, -0.2) is 12.7 Å². The third-order valence-corrected chi connectivity index (χ3v) is 8.40. The van der Waals surface area contributed by atoms with Gasteiger partial charge in [0.1, 0.15) is 0 Å². The molecule has 4 aliphatic carbocycles. The summed E-state index contributed by atoms with van der Waals surface area (Å²) in [6.07, 6.45) is 6.97. The molecule has 4 aliphatic rings. The van der Waals surface area contributed by atoms with Crippen LogP contribution in [0.15, 0.2) is 29.2 Å². The monoisotopic (exact) mass is 348 g/mol. The van der Waals surface area contributed by atoms with Crippen molar-refractivity contribution in [3.8, 4) is 0 Å². The lowest BCUT2D eigenvalue weighted by atomic mass is 9.54. The van der Waals surface area contributed by atoms with Gasteiger partial charge in [0.15, 0.2) is 0 Å². The number of hydrogen-bond acceptors (Lipinski definition) is 3. The van der Waals surface area contributed by atoms with Gasteiger partial charge in [-0.2, -0.15) is 0 Å². The molecule has 4 nitrogen and oxygen atoms in total. The molecule has 0 atom stereocenters. The van der Waals surface area contributed by atoms with Gasteiger partial charge < -0.3 is 5.32 Å². The molecule has 1 aromatic rings. The normalized spacial score (nSPS) is 34.9. The Kier molecular flexibility index (Phi) is 4.22. The van der Waals surface area contributed by atoms with Crippen LogP contribution >= 0.6 is 0 Å². The first kappa shape index (κ1) is 16.6. The third kappa shape index (κ3) is 2.80. The van der Waals surface area contributed by atoms with Gasteiger partial charge in [0.2, 0.25) is 10.0 Å². The lowest BCUT2D eigenvalue weighted by Crippen LogP contribution is -2.54. The Balaban J connectivity index is 1.51. The van der Waals surface area contributed by atoms with Crippen LogP contribution in [0.25, 0.3) is 0 Å². The Labute approximate surface area is 145 Å². The molecule has 4 fully saturated rings. The predicted molar refractivity (Wildman–Crippen MR) is 95.0 cm³/mol. The lowest BCUT2D eigenvalue weighted by molar-refractivity contribution is -0.0143. The van der Waals surface area contributed by atoms with E-state index in [0.717, 1.165) is 29.2 Å². The molecular weight excluding hydrogens is 320 g/mol. The van der Waals surface area contributed by atoms with Crippen molar-refractivity contribution < 1.29 is 8.42 Å². The number of hydrogen-bond donors (Lipinski definition) is 1. The van der Waals surface area contributed by atoms with E-state index in [9.17, 15) is 8.42 Å². The van der Waals surface area contributed by atoms with Gasteiger partial charge in [0.05, 0.1) is 4.90 Å². The molecule has 4 bridgehead atoms. The predicted octanol–water partition coefficient (Wildman–Crippen LogP) is 2.85. The number of nitrogens with zero attached hydrogens (tertiary/aromatic N) is 1. The van der Waals surface area contributed by atoms with Crippen LogP contribution in [0.2, 0.25) is 0 Å². The lowest BCUT2D eigenvalue weighted by Gasteiger charge is -2.54. The van der Waals surface area contributed by atoms with E-state index in [2.05, 4.69) is 5.32 Å². The number of rotatable bonds is 5. The van der Waals surface area contributed by atoms with Crippen molar-refractivity contribution in [3.63, 3.8) is 0 Å². The largest absolute Gasteiger partial charge is 0.309 e. The van der Waals surface area contributed by atoms with E-state index in [1.165, 1.54) is 36.4 Å². The molecule has 0 amide bonds. The van der Waals surface area contributed by atoms with Crippen LogP contribution in [-0.2, 0) is 16.6 Å². The highest BCUT2D eigenvalue weighted by Crippen LogP contribution is 2.53. The van der Waals surface area contributed by atoms with Crippen molar-refractivity contribution in [1.82, 2.24) is 9.62 Å². The molecule has 0 unspecified atom stereocenters. The molecule has 5 rings (SSSR count). The van der Waals surface area contributed by atoms with Gasteiger partial charge >= 0.3 is 0 Å². The zero-order valence-electron chi connectivity index (χ0n) is 14.6. The Morgan fingerprint density at radius 1 is 1.00 bits per heavy atom. The fourth-order valence-electron chi connectivity index (χ4n) is 5.58. The summed E-state index contributed by atoms with van der Waals surface area (Å²) in [5.74, 6) is 3.54. The van der Waals surface area contributed by atoms with Gasteiger partial charge in [-0.1, -0.05) is 18.2 Å². The second kappa shape index (κ2) is 6.11. The van der Waals surface area contributed by atoms with E-state index in [-0.39, 0.29) is 0 Å². The van der Waals surface area contributed by atoms with Gasteiger partial charge in [0.25, 0.3) is 0 Å². The van der Waals surface area contributed by atoms with Crippen molar-refractivity contribution >= 4 is 10.0 Å². The minimum atomic E-state index is -3.39. The number of nitrogens with one attached hydrogen (secondary N) is 1. The van der Waals surface area contributed by atoms with Crippen LogP contribution in [0.4, 0.5) is 0 Å². The Bertz CT molecular complexity index is 686. The average Bonchev–Trinajstić information content (AvgIpc) is 2.53. The molecule has 0 saturated heterocycles. The third-order valence-electron chi connectivity index (χ3n) is 6.49. The van der Waals surface area contributed by atoms with Crippen LogP contribution in [0.1, 0.15) is 37.7 Å². The van der Waals surface area contributed by atoms with E-state index in [0.29, 0.717) is 17.5 Å². The maximum absolute atomic E-state index is 12.5. The molecular formula is C19H28N2O2S. The second-order valence-corrected chi connectivity index (χ2v) is 10.4. The van der Waals surface area contributed by atoms with Crippen LogP contribution in [0, 0.1) is 23.7 Å². The highest BCUT2D eigenvalue weighted by atomic mass is 32.2. The molecule has 132 valence electrons. The number of benzene rings is 1. The zero-order chi connectivity index (χ0) is 16.9. The SMILES string of the molecule is CN(C)S(=O)(=O)c1ccccc1CNC1C2CC3CC(C2)CC1C3. The highest BCUT2D eigenvalue weighted by molar-refractivity contribution is 7.89. The fraction of sp³-hybridized carbons (Fsp3) is 0.684. The van der Waals surface area contributed by atoms with Crippen LogP contribution in [0.3, 0.4) is 0 Å². The zero-order valence-corrected chi connectivity index (χ0v) is 15.4. The average molecular weight is 349 g/mol. The van der Waals surface area contributed by atoms with E-state index in [4.69, 9.17) is 0 Å². The molecule has 1 N–H and O–H groups in total. The quantitative estimate of drug-likeness (QED) is 0.890. The summed E-state index contributed by atoms with van der Waals surface area (Å²) in [5.41, 5.74) is 0.889. The molecule has 5 heteroatoms. The van der Waals surface area contributed by atoms with Crippen molar-refractivity contribution in [2.75, 3.05) is 14.1 Å². The van der Waals surface area contributed by atoms with Gasteiger partial charge in [-0.15, -0.1) is 0 Å². The van der Waals surface area contributed by atoms with Crippen molar-refractivity contribution in [2.45, 2.75) is 49.6 Å². The molecule has 0 heterocycles. The number of sulfonamides is 1. The summed E-state index contributed by atoms with van der Waals surface area (Å²) < 4.78 is 26.4. The molecule has 24 heavy (non-hydrogen) atoms. The molecule has 0 aliphatic heterocycles. The summed E-state index contributed by atoms with van der Waals surface area (Å²) in [6, 6.07) is 7.99. The summed E-state index contributed by atoms with van der Waals surface area (Å²) >= 11 is 0. The summed E-state index contributed by atoms with van der Waals surface area (Å²) in [7, 11) is -0.198. The fourth-order valence-corrected chi connectivity index (χ4v) is 6.70. The highest BCUT2D eigenvalue weighted by Gasteiger charge is 2.47. The maximum atomic E-state index is 12.5. The smallest absolute Gasteiger partial charge is 0.242 e. The van der Waals surface area contributed by atoms with Gasteiger partial charge in [-0.3, -0.25) is 0 Å². The van der Waals surface area contributed by atoms with Crippen LogP contribution in [0.5, 0.6) is 0 Å². The van der Waals surface area contributed by atoms with E-state index in [1.807, 2.05) is 18.2 Å². The molecule has 0 spiro atoms. The molecule has 0 aromatic heterocycles. The summed E-state index contributed by atoms with van der Waals surface area (Å²) in [4.78, 5) is 0.436. The Hall–Kier alpha value is -0.910. The van der Waals surface area contributed by atoms with Crippen LogP contribution in [-0.4, -0.2) is 32.9 Å². The van der Waals surface area contributed by atoms with Crippen molar-refractivity contribution in [2.24, 2.45) is 23.7 Å². The van der Waals surface area contributed by atoms with E-state index < -0.39 is 10.0 Å². The summed E-state index contributed by atoms with van der Waals surface area (Å²) in [6.45, 7) is 0.649. The van der Waals surface area contributed by atoms with Crippen LogP contribution < -0.4 is 5.32 Å². The standard InChI is InChI=1S/C19H28N2O2S/c1-21(2)24(22,23)18-6-4-3-5-15(18)12-20-19-16-8-13-7-14(10-16)11-17(19)9-13/h3-6,13-14,16-17,19-20H,7-12H2,1-2H3. The van der Waals surface area contributed by atoms with Gasteiger partial charge in [-0.05, 0) is 67.4 Å². The first-order valence-electron chi connectivity index (χ1n) is 9.19. The van der Waals surface area contributed by atoms with Gasteiger partial charge in [0, 0.05) is 26.7 Å².